The summed E-state index contributed by atoms with van der Waals surface area (Å²) in [7, 11) is 1.33. The largest absolute Gasteiger partial charge is 0.396 e. The number of nitrogens with one attached hydrogen (secondary N) is 1. The number of H-pyrrole nitrogens is 1. The highest BCUT2D eigenvalue weighted by Gasteiger charge is 2.53. The van der Waals surface area contributed by atoms with Crippen molar-refractivity contribution in [1.29, 1.82) is 0 Å². The molecule has 2 bridgehead atoms. The monoisotopic (exact) mass is 700 g/mol. The Labute approximate surface area is 262 Å². The molecule has 2 radical (unpaired) electrons. The molecule has 3 fully saturated rings. The highest BCUT2D eigenvalue weighted by atomic mass is 32.5. The maximum absolute atomic E-state index is 16.0. The molecule has 244 valence electrons. The van der Waals surface area contributed by atoms with E-state index >= 15 is 4.39 Å². The number of alkyl halides is 1. The van der Waals surface area contributed by atoms with Crippen LogP contribution in [0.15, 0.2) is 23.8 Å². The SMILES string of the molecule is [B][P@@]1(=O)OCC2OC(n3cnc4c(=O)[nH]c(N)nc43)C(OP(O)(=S)OCC3OC(n4cnc5c(N)ncnc54)C(F)C3O1)C2CO. The first-order valence-corrected chi connectivity index (χ1v) is 17.6. The van der Waals surface area contributed by atoms with E-state index < -0.39 is 88.5 Å². The number of nitrogens with two attached hydrogens (primary N) is 2. The molecule has 0 aliphatic carbocycles. The Morgan fingerprint density at radius 3 is 2.48 bits per heavy atom. The molecule has 4 aromatic rings. The lowest BCUT2D eigenvalue weighted by Gasteiger charge is -2.28. The van der Waals surface area contributed by atoms with Gasteiger partial charge in [0.2, 0.25) is 13.5 Å². The smallest absolute Gasteiger partial charge is 0.325 e. The third-order valence-electron chi connectivity index (χ3n) is 7.70. The van der Waals surface area contributed by atoms with E-state index in [2.05, 4.69) is 29.9 Å². The van der Waals surface area contributed by atoms with Crippen LogP contribution in [-0.4, -0.2) is 107 Å². The second-order valence-corrected chi connectivity index (χ2v) is 14.9. The van der Waals surface area contributed by atoms with Crippen LogP contribution in [0, 0.1) is 5.92 Å². The van der Waals surface area contributed by atoms with Gasteiger partial charge in [-0.05, 0) is 11.8 Å². The van der Waals surface area contributed by atoms with Crippen molar-refractivity contribution < 1.29 is 46.5 Å². The summed E-state index contributed by atoms with van der Waals surface area (Å²) < 4.78 is 66.3. The van der Waals surface area contributed by atoms with Crippen LogP contribution in [0.2, 0.25) is 0 Å². The number of hydrogen-bond donors (Lipinski definition) is 5. The second kappa shape index (κ2) is 11.6. The standard InChI is InChI=1S/C21H24BFN10O10P2S/c22-44(36)38-2-8-7(1-34)13(20(40-8)33-6-29-12-17(33)30-21(25)31-18(12)35)43-45(37,46)39-3-9-14(42-44)10(23)19(41-9)32-5-28-11-15(24)26-4-27-16(11)32/h4-10,13-14,19-20,34H,1-3H2,(H,37,46)(H2,24,26,27)(H3,25,30,31,35)/t7?,8?,9?,10?,13?,14?,19?,20?,44-,45?/m1/s1. The molecular formula is C21H24BFN10O10P2S. The minimum absolute atomic E-state index is 0.0134. The molecule has 7 rings (SSSR count). The van der Waals surface area contributed by atoms with Crippen LogP contribution >= 0.6 is 14.2 Å². The Morgan fingerprint density at radius 2 is 1.72 bits per heavy atom. The van der Waals surface area contributed by atoms with Gasteiger partial charge in [-0.15, -0.1) is 0 Å². The van der Waals surface area contributed by atoms with Crippen LogP contribution in [0.3, 0.4) is 0 Å². The van der Waals surface area contributed by atoms with Crippen LogP contribution in [0.25, 0.3) is 22.3 Å². The summed E-state index contributed by atoms with van der Waals surface area (Å²) in [5, 5.41) is 10.3. The Bertz CT molecular complexity index is 1970. The lowest BCUT2D eigenvalue weighted by Crippen LogP contribution is -2.34. The lowest BCUT2D eigenvalue weighted by atomic mass is 9.99. The van der Waals surface area contributed by atoms with Crippen molar-refractivity contribution in [2.75, 3.05) is 31.3 Å². The van der Waals surface area contributed by atoms with Crippen LogP contribution in [0.5, 0.6) is 0 Å². The highest BCUT2D eigenvalue weighted by Crippen LogP contribution is 2.55. The number of nitrogen functional groups attached to an aromatic ring is 2. The van der Waals surface area contributed by atoms with Crippen molar-refractivity contribution in [3.05, 3.63) is 29.3 Å². The number of halogens is 1. The molecule has 20 nitrogen and oxygen atoms in total. The molecule has 25 heteroatoms. The van der Waals surface area contributed by atoms with E-state index in [-0.39, 0.29) is 34.1 Å². The van der Waals surface area contributed by atoms with Crippen molar-refractivity contribution in [3.8, 4) is 0 Å². The number of fused-ring (bicyclic) bond motifs is 5. The summed E-state index contributed by atoms with van der Waals surface area (Å²) >= 11 is 5.28. The zero-order valence-electron chi connectivity index (χ0n) is 23.2. The van der Waals surface area contributed by atoms with E-state index in [0.29, 0.717) is 0 Å². The maximum Gasteiger partial charge on any atom is 0.325 e. The zero-order chi connectivity index (χ0) is 32.5. The number of anilines is 2. The van der Waals surface area contributed by atoms with Crippen molar-refractivity contribution in [2.45, 2.75) is 43.0 Å². The fourth-order valence-corrected chi connectivity index (χ4v) is 8.06. The molecule has 4 aromatic heterocycles. The van der Waals surface area contributed by atoms with E-state index in [4.69, 9.17) is 58.4 Å². The number of hydrogen-bond acceptors (Lipinski definition) is 17. The molecule has 3 saturated heterocycles. The number of aromatic amines is 1. The minimum Gasteiger partial charge on any atom is -0.396 e. The van der Waals surface area contributed by atoms with Gasteiger partial charge in [0.05, 0.1) is 38.6 Å². The van der Waals surface area contributed by atoms with Gasteiger partial charge in [0, 0.05) is 5.92 Å². The lowest BCUT2D eigenvalue weighted by molar-refractivity contribution is -0.0586. The maximum atomic E-state index is 16.0. The van der Waals surface area contributed by atoms with Gasteiger partial charge in [-0.1, -0.05) is 0 Å². The minimum atomic E-state index is -4.57. The first-order valence-electron chi connectivity index (χ1n) is 13.4. The number of aliphatic hydroxyl groups is 1. The molecule has 0 saturated carbocycles. The van der Waals surface area contributed by atoms with Gasteiger partial charge in [0.25, 0.3) is 13.0 Å². The van der Waals surface area contributed by atoms with E-state index in [1.54, 1.807) is 0 Å². The number of nitrogens with zero attached hydrogens (tertiary/aromatic N) is 7. The van der Waals surface area contributed by atoms with Gasteiger partial charge < -0.3 is 49.0 Å². The van der Waals surface area contributed by atoms with Crippen molar-refractivity contribution in [1.82, 2.24) is 39.0 Å². The molecule has 10 atom stereocenters. The van der Waals surface area contributed by atoms with Crippen molar-refractivity contribution in [3.63, 3.8) is 0 Å². The summed E-state index contributed by atoms with van der Waals surface area (Å²) in [6, 6.07) is 0. The predicted molar refractivity (Wildman–Crippen MR) is 157 cm³/mol. The Kier molecular flexibility index (Phi) is 8.00. The second-order valence-electron chi connectivity index (χ2n) is 10.5. The molecule has 9 unspecified atom stereocenters. The van der Waals surface area contributed by atoms with E-state index in [1.807, 2.05) is 0 Å². The number of rotatable bonds is 3. The number of ether oxygens (including phenoxy) is 2. The van der Waals surface area contributed by atoms with Gasteiger partial charge in [-0.25, -0.2) is 24.3 Å². The normalized spacial score (nSPS) is 37.1. The molecule has 46 heavy (non-hydrogen) atoms. The number of imidazole rings is 2. The molecular weight excluding hydrogens is 676 g/mol. The van der Waals surface area contributed by atoms with Crippen LogP contribution in [0.1, 0.15) is 12.5 Å². The molecule has 7 N–H and O–H groups in total. The summed E-state index contributed by atoms with van der Waals surface area (Å²) in [5.41, 5.74) is 11.2. The molecule has 3 aliphatic rings. The number of aliphatic hydroxyl groups excluding tert-OH is 1. The summed E-state index contributed by atoms with van der Waals surface area (Å²) in [4.78, 5) is 46.1. The van der Waals surface area contributed by atoms with Crippen molar-refractivity contribution in [2.24, 2.45) is 5.92 Å². The molecule has 0 aromatic carbocycles. The third-order valence-corrected chi connectivity index (χ3v) is 10.3. The Hall–Kier alpha value is -2.95. The van der Waals surface area contributed by atoms with Gasteiger partial charge in [-0.3, -0.25) is 23.5 Å². The quantitative estimate of drug-likeness (QED) is 0.129. The zero-order valence-corrected chi connectivity index (χ0v) is 25.8. The van der Waals surface area contributed by atoms with Crippen LogP contribution in [0.4, 0.5) is 16.2 Å². The topological polar surface area (TPSA) is 272 Å². The first kappa shape index (κ1) is 31.6. The van der Waals surface area contributed by atoms with Crippen molar-refractivity contribution >= 4 is 67.7 Å². The average molecular weight is 700 g/mol. The summed E-state index contributed by atoms with van der Waals surface area (Å²) in [5.74, 6) is -1.18. The van der Waals surface area contributed by atoms with E-state index in [9.17, 15) is 19.4 Å². The highest BCUT2D eigenvalue weighted by molar-refractivity contribution is 8.07. The van der Waals surface area contributed by atoms with Crippen LogP contribution < -0.4 is 17.0 Å². The first-order chi connectivity index (χ1) is 21.9. The van der Waals surface area contributed by atoms with Gasteiger partial charge in [-0.2, -0.15) is 4.98 Å². The fraction of sp³-hybridized carbons (Fsp3) is 0.524. The molecule has 7 heterocycles. The van der Waals surface area contributed by atoms with Gasteiger partial charge in [0.1, 0.15) is 30.2 Å². The predicted octanol–water partition coefficient (Wildman–Crippen LogP) is -0.824. The average Bonchev–Trinajstić information content (AvgIpc) is 3.75. The molecule has 0 spiro atoms. The number of aromatic nitrogens is 8. The summed E-state index contributed by atoms with van der Waals surface area (Å²) in [6.07, 6.45) is -6.60. The van der Waals surface area contributed by atoms with Crippen LogP contribution in [-0.2, 0) is 43.9 Å². The van der Waals surface area contributed by atoms with Gasteiger partial charge >= 0.3 is 6.72 Å². The third kappa shape index (κ3) is 5.54. The van der Waals surface area contributed by atoms with E-state index in [0.717, 1.165) is 6.33 Å². The van der Waals surface area contributed by atoms with E-state index in [1.165, 1.54) is 21.8 Å². The summed E-state index contributed by atoms with van der Waals surface area (Å²) in [6.45, 7) is -6.06. The van der Waals surface area contributed by atoms with Gasteiger partial charge in [0.15, 0.2) is 41.3 Å². The Morgan fingerprint density at radius 1 is 1.02 bits per heavy atom. The fourth-order valence-electron chi connectivity index (χ4n) is 5.61. The molecule has 0 amide bonds. The molecule has 3 aliphatic heterocycles. The Balaban J connectivity index is 1.22.